The summed E-state index contributed by atoms with van der Waals surface area (Å²) >= 11 is 1.65. The minimum absolute atomic E-state index is 0.648. The number of rotatable bonds is 4. The van der Waals surface area contributed by atoms with E-state index in [0.29, 0.717) is 18.3 Å². The number of aromatic nitrogens is 2. The van der Waals surface area contributed by atoms with Crippen LogP contribution in [-0.2, 0) is 6.42 Å². The second-order valence-electron chi connectivity index (χ2n) is 3.37. The van der Waals surface area contributed by atoms with E-state index in [0.717, 1.165) is 18.4 Å². The summed E-state index contributed by atoms with van der Waals surface area (Å²) in [4.78, 5) is 4.32. The highest BCUT2D eigenvalue weighted by Crippen LogP contribution is 2.24. The first-order valence-electron chi connectivity index (χ1n) is 4.87. The van der Waals surface area contributed by atoms with Crippen LogP contribution < -0.4 is 5.73 Å². The zero-order valence-electron chi connectivity index (χ0n) is 8.56. The van der Waals surface area contributed by atoms with Crippen molar-refractivity contribution in [2.45, 2.75) is 19.8 Å². The zero-order valence-corrected chi connectivity index (χ0v) is 9.38. The number of nitrogens with zero attached hydrogens (tertiary/aromatic N) is 2. The monoisotopic (exact) mass is 223 g/mol. The summed E-state index contributed by atoms with van der Waals surface area (Å²) in [5.74, 6) is 1.35. The minimum Gasteiger partial charge on any atom is -0.339 e. The Labute approximate surface area is 92.1 Å². The molecule has 2 rings (SSSR count). The molecule has 0 radical (unpaired) electrons. The Kier molecular flexibility index (Phi) is 3.13. The molecule has 0 fully saturated rings. The van der Waals surface area contributed by atoms with Crippen LogP contribution in [0.15, 0.2) is 15.3 Å². The SMILES string of the molecule is Cc1cscc1-c1noc(CCCN)n1. The summed E-state index contributed by atoms with van der Waals surface area (Å²) in [6.07, 6.45) is 1.64. The normalized spacial score (nSPS) is 10.8. The van der Waals surface area contributed by atoms with Gasteiger partial charge in [-0.1, -0.05) is 5.16 Å². The molecule has 0 aliphatic rings. The highest BCUT2D eigenvalue weighted by molar-refractivity contribution is 7.08. The maximum Gasteiger partial charge on any atom is 0.227 e. The van der Waals surface area contributed by atoms with Gasteiger partial charge in [0.2, 0.25) is 11.7 Å². The first-order chi connectivity index (χ1) is 7.31. The number of aryl methyl sites for hydroxylation is 2. The Morgan fingerprint density at radius 2 is 2.33 bits per heavy atom. The zero-order chi connectivity index (χ0) is 10.7. The summed E-state index contributed by atoms with van der Waals surface area (Å²) in [5, 5.41) is 8.06. The second kappa shape index (κ2) is 4.55. The van der Waals surface area contributed by atoms with Crippen molar-refractivity contribution in [3.8, 4) is 11.4 Å². The van der Waals surface area contributed by atoms with E-state index < -0.39 is 0 Å². The predicted molar refractivity (Wildman–Crippen MR) is 59.7 cm³/mol. The lowest BCUT2D eigenvalue weighted by Crippen LogP contribution is -2.00. The van der Waals surface area contributed by atoms with E-state index in [9.17, 15) is 0 Å². The summed E-state index contributed by atoms with van der Waals surface area (Å²) in [5.41, 5.74) is 7.66. The summed E-state index contributed by atoms with van der Waals surface area (Å²) in [6.45, 7) is 2.69. The highest BCUT2D eigenvalue weighted by Gasteiger charge is 2.10. The van der Waals surface area contributed by atoms with E-state index in [1.807, 2.05) is 12.3 Å². The molecule has 0 unspecified atom stereocenters. The fourth-order valence-electron chi connectivity index (χ4n) is 1.31. The van der Waals surface area contributed by atoms with Gasteiger partial charge in [-0.3, -0.25) is 0 Å². The molecule has 0 saturated heterocycles. The Hall–Kier alpha value is -1.20. The van der Waals surface area contributed by atoms with Crippen LogP contribution in [0.5, 0.6) is 0 Å². The molecule has 0 aliphatic heterocycles. The van der Waals surface area contributed by atoms with Crippen molar-refractivity contribution in [3.63, 3.8) is 0 Å². The molecule has 0 aliphatic carbocycles. The summed E-state index contributed by atoms with van der Waals surface area (Å²) in [7, 11) is 0. The average molecular weight is 223 g/mol. The van der Waals surface area contributed by atoms with Crippen LogP contribution in [0.4, 0.5) is 0 Å². The van der Waals surface area contributed by atoms with Gasteiger partial charge in [0.05, 0.1) is 0 Å². The van der Waals surface area contributed by atoms with Crippen molar-refractivity contribution >= 4 is 11.3 Å². The molecular formula is C10H13N3OS. The van der Waals surface area contributed by atoms with Gasteiger partial charge in [-0.05, 0) is 30.8 Å². The van der Waals surface area contributed by atoms with E-state index in [1.54, 1.807) is 11.3 Å². The molecule has 0 amide bonds. The lowest BCUT2D eigenvalue weighted by Gasteiger charge is -1.90. The van der Waals surface area contributed by atoms with Crippen molar-refractivity contribution in [1.29, 1.82) is 0 Å². The van der Waals surface area contributed by atoms with Gasteiger partial charge in [0.25, 0.3) is 0 Å². The van der Waals surface area contributed by atoms with E-state index >= 15 is 0 Å². The smallest absolute Gasteiger partial charge is 0.227 e. The Morgan fingerprint density at radius 3 is 3.00 bits per heavy atom. The maximum atomic E-state index is 5.41. The third kappa shape index (κ3) is 2.24. The van der Waals surface area contributed by atoms with E-state index in [2.05, 4.69) is 15.5 Å². The van der Waals surface area contributed by atoms with E-state index in [-0.39, 0.29) is 0 Å². The first-order valence-corrected chi connectivity index (χ1v) is 5.81. The Morgan fingerprint density at radius 1 is 1.47 bits per heavy atom. The molecule has 0 saturated carbocycles. The van der Waals surface area contributed by atoms with Crippen molar-refractivity contribution in [1.82, 2.24) is 10.1 Å². The van der Waals surface area contributed by atoms with Crippen LogP contribution in [0.1, 0.15) is 17.9 Å². The number of hydrogen-bond acceptors (Lipinski definition) is 5. The minimum atomic E-state index is 0.648. The van der Waals surface area contributed by atoms with Crippen LogP contribution in [-0.4, -0.2) is 16.7 Å². The fraction of sp³-hybridized carbons (Fsp3) is 0.400. The summed E-state index contributed by atoms with van der Waals surface area (Å²) in [6, 6.07) is 0. The van der Waals surface area contributed by atoms with Crippen LogP contribution in [0.25, 0.3) is 11.4 Å². The molecule has 80 valence electrons. The molecule has 2 aromatic rings. The molecule has 0 bridgehead atoms. The molecule has 15 heavy (non-hydrogen) atoms. The van der Waals surface area contributed by atoms with Crippen LogP contribution >= 0.6 is 11.3 Å². The highest BCUT2D eigenvalue weighted by atomic mass is 32.1. The molecule has 2 N–H and O–H groups in total. The predicted octanol–water partition coefficient (Wildman–Crippen LogP) is 2.00. The largest absolute Gasteiger partial charge is 0.339 e. The molecule has 5 heteroatoms. The average Bonchev–Trinajstić information content (AvgIpc) is 2.83. The second-order valence-corrected chi connectivity index (χ2v) is 4.12. The van der Waals surface area contributed by atoms with Crippen LogP contribution in [0.3, 0.4) is 0 Å². The van der Waals surface area contributed by atoms with Gasteiger partial charge in [0.1, 0.15) is 0 Å². The van der Waals surface area contributed by atoms with Crippen molar-refractivity contribution in [3.05, 3.63) is 22.2 Å². The fourth-order valence-corrected chi connectivity index (χ4v) is 2.14. The van der Waals surface area contributed by atoms with Gasteiger partial charge < -0.3 is 10.3 Å². The molecule has 0 spiro atoms. The molecule has 2 heterocycles. The van der Waals surface area contributed by atoms with Crippen LogP contribution in [0, 0.1) is 6.92 Å². The van der Waals surface area contributed by atoms with E-state index in [1.165, 1.54) is 5.56 Å². The quantitative estimate of drug-likeness (QED) is 0.861. The lowest BCUT2D eigenvalue weighted by molar-refractivity contribution is 0.376. The van der Waals surface area contributed by atoms with Gasteiger partial charge in [-0.25, -0.2) is 0 Å². The number of thiophene rings is 1. The topological polar surface area (TPSA) is 64.9 Å². The number of nitrogens with two attached hydrogens (primary N) is 1. The van der Waals surface area contributed by atoms with Crippen LogP contribution in [0.2, 0.25) is 0 Å². The van der Waals surface area contributed by atoms with Crippen molar-refractivity contribution < 1.29 is 4.52 Å². The van der Waals surface area contributed by atoms with Gasteiger partial charge in [-0.15, -0.1) is 0 Å². The third-order valence-electron chi connectivity index (χ3n) is 2.16. The van der Waals surface area contributed by atoms with Gasteiger partial charge >= 0.3 is 0 Å². The van der Waals surface area contributed by atoms with E-state index in [4.69, 9.17) is 10.3 Å². The summed E-state index contributed by atoms with van der Waals surface area (Å²) < 4.78 is 5.13. The lowest BCUT2D eigenvalue weighted by atomic mass is 10.2. The standard InChI is InChI=1S/C10H13N3OS/c1-7-5-15-6-8(7)10-12-9(14-13-10)3-2-4-11/h5-6H,2-4,11H2,1H3. The Bertz CT molecular complexity index is 435. The molecule has 0 atom stereocenters. The maximum absolute atomic E-state index is 5.41. The number of hydrogen-bond donors (Lipinski definition) is 1. The van der Waals surface area contributed by atoms with Crippen molar-refractivity contribution in [2.24, 2.45) is 5.73 Å². The van der Waals surface area contributed by atoms with Crippen molar-refractivity contribution in [2.75, 3.05) is 6.54 Å². The molecule has 2 aromatic heterocycles. The van der Waals surface area contributed by atoms with Gasteiger partial charge in [-0.2, -0.15) is 16.3 Å². The first kappa shape index (κ1) is 10.3. The molecule has 0 aromatic carbocycles. The molecule has 4 nitrogen and oxygen atoms in total. The molecular weight excluding hydrogens is 210 g/mol. The Balaban J connectivity index is 2.17. The van der Waals surface area contributed by atoms with Gasteiger partial charge in [0.15, 0.2) is 0 Å². The van der Waals surface area contributed by atoms with Gasteiger partial charge in [0, 0.05) is 17.4 Å². The third-order valence-corrected chi connectivity index (χ3v) is 3.02.